The molecule has 0 aliphatic rings. The number of benzene rings is 2. The average molecular weight is 427 g/mol. The number of nitro groups is 1. The molecule has 6 nitrogen and oxygen atoms in total. The van der Waals surface area contributed by atoms with Crippen molar-refractivity contribution in [3.63, 3.8) is 0 Å². The van der Waals surface area contributed by atoms with Crippen LogP contribution < -0.4 is 0 Å². The first kappa shape index (κ1) is 19.0. The molecule has 3 aromatic heterocycles. The van der Waals surface area contributed by atoms with Crippen molar-refractivity contribution in [3.05, 3.63) is 99.3 Å². The third-order valence-electron chi connectivity index (χ3n) is 5.03. The summed E-state index contributed by atoms with van der Waals surface area (Å²) in [6.45, 7) is 2.06. The maximum Gasteiger partial charge on any atom is 0.269 e. The standard InChI is InChI=1S/C24H18N4O2S/c1-16-4-11-20-21(15-16)26-24(25-20)13-10-19-9-12-23(31-19)22-3-2-14-27(22)17-5-7-18(8-6-17)28(29)30/h2-15H,1H3,(H,25,26)/b13-10+. The summed E-state index contributed by atoms with van der Waals surface area (Å²) in [4.78, 5) is 20.7. The maximum atomic E-state index is 10.9. The predicted molar refractivity (Wildman–Crippen MR) is 125 cm³/mol. The lowest BCUT2D eigenvalue weighted by molar-refractivity contribution is -0.384. The summed E-state index contributed by atoms with van der Waals surface area (Å²) >= 11 is 1.68. The van der Waals surface area contributed by atoms with Crippen molar-refractivity contribution in [1.29, 1.82) is 0 Å². The Kier molecular flexibility index (Phi) is 4.72. The molecule has 0 unspecified atom stereocenters. The van der Waals surface area contributed by atoms with E-state index < -0.39 is 0 Å². The second-order valence-electron chi connectivity index (χ2n) is 7.21. The van der Waals surface area contributed by atoms with Gasteiger partial charge in [-0.05, 0) is 73.2 Å². The Bertz CT molecular complexity index is 1420. The fourth-order valence-corrected chi connectivity index (χ4v) is 4.44. The van der Waals surface area contributed by atoms with Crippen molar-refractivity contribution < 1.29 is 4.92 Å². The summed E-state index contributed by atoms with van der Waals surface area (Å²) in [5, 5.41) is 10.9. The molecule has 0 bridgehead atoms. The van der Waals surface area contributed by atoms with Gasteiger partial charge >= 0.3 is 0 Å². The van der Waals surface area contributed by atoms with Crippen LogP contribution in [-0.2, 0) is 0 Å². The molecule has 2 aromatic carbocycles. The van der Waals surface area contributed by atoms with E-state index >= 15 is 0 Å². The van der Waals surface area contributed by atoms with Crippen LogP contribution in [0.4, 0.5) is 5.69 Å². The molecular weight excluding hydrogens is 408 g/mol. The number of rotatable bonds is 5. The van der Waals surface area contributed by atoms with Crippen LogP contribution in [0, 0.1) is 17.0 Å². The van der Waals surface area contributed by atoms with E-state index in [9.17, 15) is 10.1 Å². The molecule has 0 aliphatic heterocycles. The summed E-state index contributed by atoms with van der Waals surface area (Å²) in [7, 11) is 0. The van der Waals surface area contributed by atoms with Gasteiger partial charge in [0.1, 0.15) is 5.82 Å². The van der Waals surface area contributed by atoms with Crippen LogP contribution >= 0.6 is 11.3 Å². The Hall–Kier alpha value is -3.97. The molecule has 7 heteroatoms. The zero-order valence-electron chi connectivity index (χ0n) is 16.6. The van der Waals surface area contributed by atoms with Crippen molar-refractivity contribution in [3.8, 4) is 16.3 Å². The quantitative estimate of drug-likeness (QED) is 0.258. The van der Waals surface area contributed by atoms with Crippen LogP contribution in [0.2, 0.25) is 0 Å². The lowest BCUT2D eigenvalue weighted by Crippen LogP contribution is -1.95. The van der Waals surface area contributed by atoms with E-state index in [1.807, 2.05) is 35.0 Å². The average Bonchev–Trinajstić information content (AvgIpc) is 3.50. The number of hydrogen-bond donors (Lipinski definition) is 1. The van der Waals surface area contributed by atoms with Gasteiger partial charge in [0.25, 0.3) is 5.69 Å². The third kappa shape index (κ3) is 3.78. The molecule has 0 spiro atoms. The van der Waals surface area contributed by atoms with E-state index in [1.165, 1.54) is 17.7 Å². The Morgan fingerprint density at radius 3 is 2.71 bits per heavy atom. The molecule has 0 radical (unpaired) electrons. The van der Waals surface area contributed by atoms with E-state index in [4.69, 9.17) is 0 Å². The number of nitro benzene ring substituents is 1. The number of fused-ring (bicyclic) bond motifs is 1. The molecule has 3 heterocycles. The zero-order chi connectivity index (χ0) is 21.4. The normalized spacial score (nSPS) is 11.5. The van der Waals surface area contributed by atoms with E-state index in [0.717, 1.165) is 38.0 Å². The highest BCUT2D eigenvalue weighted by Crippen LogP contribution is 2.31. The van der Waals surface area contributed by atoms with E-state index in [0.29, 0.717) is 0 Å². The van der Waals surface area contributed by atoms with E-state index in [1.54, 1.807) is 23.5 Å². The monoisotopic (exact) mass is 426 g/mol. The van der Waals surface area contributed by atoms with Crippen LogP contribution in [0.1, 0.15) is 16.3 Å². The number of nitrogens with zero attached hydrogens (tertiary/aromatic N) is 3. The Morgan fingerprint density at radius 2 is 1.90 bits per heavy atom. The second-order valence-corrected chi connectivity index (χ2v) is 8.33. The van der Waals surface area contributed by atoms with Gasteiger partial charge < -0.3 is 9.55 Å². The molecule has 0 fully saturated rings. The molecule has 0 atom stereocenters. The van der Waals surface area contributed by atoms with Crippen molar-refractivity contribution in [1.82, 2.24) is 14.5 Å². The number of imidazole rings is 1. The molecule has 0 amide bonds. The number of nitrogens with one attached hydrogen (secondary N) is 1. The van der Waals surface area contributed by atoms with Crippen molar-refractivity contribution in [2.24, 2.45) is 0 Å². The minimum absolute atomic E-state index is 0.0850. The molecule has 152 valence electrons. The van der Waals surface area contributed by atoms with Crippen LogP contribution in [0.3, 0.4) is 0 Å². The van der Waals surface area contributed by atoms with E-state index in [2.05, 4.69) is 47.2 Å². The SMILES string of the molecule is Cc1ccc2nc(/C=C/c3ccc(-c4cccn4-c4ccc([N+](=O)[O-])cc4)s3)[nH]c2c1. The first-order valence-electron chi connectivity index (χ1n) is 9.74. The summed E-state index contributed by atoms with van der Waals surface area (Å²) in [6, 6.07) is 20.9. The molecule has 1 N–H and O–H groups in total. The highest BCUT2D eigenvalue weighted by molar-refractivity contribution is 7.16. The third-order valence-corrected chi connectivity index (χ3v) is 6.10. The summed E-state index contributed by atoms with van der Waals surface area (Å²) in [5.74, 6) is 0.824. The topological polar surface area (TPSA) is 76.8 Å². The predicted octanol–water partition coefficient (Wildman–Crippen LogP) is 6.47. The highest BCUT2D eigenvalue weighted by Gasteiger charge is 2.10. The van der Waals surface area contributed by atoms with Gasteiger partial charge in [-0.3, -0.25) is 10.1 Å². The van der Waals surface area contributed by atoms with Gasteiger partial charge in [-0.2, -0.15) is 0 Å². The van der Waals surface area contributed by atoms with Crippen LogP contribution in [0.25, 0.3) is 39.4 Å². The number of aromatic nitrogens is 3. The number of hydrogen-bond acceptors (Lipinski definition) is 4. The number of aryl methyl sites for hydroxylation is 1. The largest absolute Gasteiger partial charge is 0.338 e. The van der Waals surface area contributed by atoms with Gasteiger partial charge in [-0.25, -0.2) is 4.98 Å². The Balaban J connectivity index is 1.40. The summed E-state index contributed by atoms with van der Waals surface area (Å²) in [5.41, 5.74) is 5.20. The molecule has 5 aromatic rings. The van der Waals surface area contributed by atoms with Crippen molar-refractivity contribution >= 4 is 40.2 Å². The van der Waals surface area contributed by atoms with Gasteiger partial charge in [0, 0.05) is 28.9 Å². The van der Waals surface area contributed by atoms with Crippen LogP contribution in [0.15, 0.2) is 72.9 Å². The number of thiophene rings is 1. The minimum Gasteiger partial charge on any atom is -0.338 e. The lowest BCUT2D eigenvalue weighted by Gasteiger charge is -2.07. The van der Waals surface area contributed by atoms with Crippen molar-refractivity contribution in [2.75, 3.05) is 0 Å². The summed E-state index contributed by atoms with van der Waals surface area (Å²) < 4.78 is 2.03. The van der Waals surface area contributed by atoms with Crippen molar-refractivity contribution in [2.45, 2.75) is 6.92 Å². The first-order chi connectivity index (χ1) is 15.1. The second kappa shape index (κ2) is 7.70. The van der Waals surface area contributed by atoms with Crippen LogP contribution in [0.5, 0.6) is 0 Å². The smallest absolute Gasteiger partial charge is 0.269 e. The molecule has 0 aliphatic carbocycles. The molecule has 5 rings (SSSR count). The van der Waals surface area contributed by atoms with E-state index in [-0.39, 0.29) is 10.6 Å². The van der Waals surface area contributed by atoms with Gasteiger partial charge in [0.2, 0.25) is 0 Å². The lowest BCUT2D eigenvalue weighted by atomic mass is 10.2. The summed E-state index contributed by atoms with van der Waals surface area (Å²) in [6.07, 6.45) is 6.00. The Labute approximate surface area is 182 Å². The Morgan fingerprint density at radius 1 is 1.06 bits per heavy atom. The maximum absolute atomic E-state index is 10.9. The number of non-ortho nitro benzene ring substituents is 1. The van der Waals surface area contributed by atoms with Gasteiger partial charge in [0.05, 0.1) is 26.5 Å². The number of aromatic amines is 1. The highest BCUT2D eigenvalue weighted by atomic mass is 32.1. The first-order valence-corrected chi connectivity index (χ1v) is 10.6. The molecular formula is C24H18N4O2S. The van der Waals surface area contributed by atoms with Gasteiger partial charge in [0.15, 0.2) is 0 Å². The van der Waals surface area contributed by atoms with Crippen LogP contribution in [-0.4, -0.2) is 19.5 Å². The fourth-order valence-electron chi connectivity index (χ4n) is 3.51. The minimum atomic E-state index is -0.387. The number of H-pyrrole nitrogens is 1. The molecule has 0 saturated carbocycles. The fraction of sp³-hybridized carbons (Fsp3) is 0.0417. The molecule has 0 saturated heterocycles. The van der Waals surface area contributed by atoms with Gasteiger partial charge in [-0.1, -0.05) is 6.07 Å². The molecule has 31 heavy (non-hydrogen) atoms. The van der Waals surface area contributed by atoms with Gasteiger partial charge in [-0.15, -0.1) is 11.3 Å². The zero-order valence-corrected chi connectivity index (χ0v) is 17.5.